The van der Waals surface area contributed by atoms with Crippen LogP contribution in [0.3, 0.4) is 0 Å². The molecule has 0 fully saturated rings. The van der Waals surface area contributed by atoms with Crippen molar-refractivity contribution in [3.8, 4) is 0 Å². The van der Waals surface area contributed by atoms with E-state index < -0.39 is 16.0 Å². The van der Waals surface area contributed by atoms with Crippen LogP contribution in [-0.2, 0) is 10.1 Å². The summed E-state index contributed by atoms with van der Waals surface area (Å²) in [5, 5.41) is 9.26. The molecule has 1 atom stereocenters. The Balaban J connectivity index is 0. The first-order valence-corrected chi connectivity index (χ1v) is 8.31. The summed E-state index contributed by atoms with van der Waals surface area (Å²) in [5.74, 6) is -0.701. The molecule has 0 aliphatic heterocycles. The molecule has 0 aromatic heterocycles. The quantitative estimate of drug-likeness (QED) is 0.445. The van der Waals surface area contributed by atoms with Gasteiger partial charge >= 0.3 is 0 Å². The molecule has 112 valence electrons. The van der Waals surface area contributed by atoms with Crippen LogP contribution in [0.25, 0.3) is 0 Å². The van der Waals surface area contributed by atoms with Crippen molar-refractivity contribution in [3.63, 3.8) is 0 Å². The molecule has 0 saturated heterocycles. The number of rotatable bonds is 9. The van der Waals surface area contributed by atoms with Crippen LogP contribution in [-0.4, -0.2) is 30.1 Å². The van der Waals surface area contributed by atoms with E-state index in [0.717, 1.165) is 12.8 Å². The van der Waals surface area contributed by atoms with Gasteiger partial charge < -0.3 is 10.8 Å². The summed E-state index contributed by atoms with van der Waals surface area (Å²) in [4.78, 5) is 0. The van der Waals surface area contributed by atoms with Gasteiger partial charge in [0.1, 0.15) is 5.88 Å². The molecule has 6 heteroatoms. The molecule has 4 N–H and O–H groups in total. The van der Waals surface area contributed by atoms with E-state index in [4.69, 9.17) is 4.55 Å². The van der Waals surface area contributed by atoms with E-state index in [0.29, 0.717) is 0 Å². The van der Waals surface area contributed by atoms with E-state index in [1.54, 1.807) is 0 Å². The molecule has 0 aromatic carbocycles. The average molecular weight is 283 g/mol. The third kappa shape index (κ3) is 21.1. The summed E-state index contributed by atoms with van der Waals surface area (Å²) in [6, 6.07) is 0. The molecule has 0 heterocycles. The molecule has 0 aliphatic rings. The minimum absolute atomic E-state index is 0.0452. The molecule has 5 nitrogen and oxygen atoms in total. The van der Waals surface area contributed by atoms with Crippen molar-refractivity contribution < 1.29 is 18.1 Å². The molecule has 0 aromatic rings. The van der Waals surface area contributed by atoms with Crippen molar-refractivity contribution in [1.82, 2.24) is 0 Å². The molecule has 0 saturated carbocycles. The first-order valence-electron chi connectivity index (χ1n) is 6.70. The van der Waals surface area contributed by atoms with Gasteiger partial charge in [-0.1, -0.05) is 52.4 Å². The molecular formula is C12H29NO4S. The van der Waals surface area contributed by atoms with Crippen LogP contribution < -0.4 is 5.73 Å². The summed E-state index contributed by atoms with van der Waals surface area (Å²) in [6.07, 6.45) is 9.79. The van der Waals surface area contributed by atoms with Crippen LogP contribution in [0.1, 0.15) is 65.2 Å². The van der Waals surface area contributed by atoms with Crippen LogP contribution in [0, 0.1) is 0 Å². The first-order chi connectivity index (χ1) is 8.37. The van der Waals surface area contributed by atoms with Crippen LogP contribution in [0.2, 0.25) is 0 Å². The van der Waals surface area contributed by atoms with Crippen LogP contribution in [0.4, 0.5) is 0 Å². The molecule has 1 unspecified atom stereocenters. The van der Waals surface area contributed by atoms with E-state index in [1.165, 1.54) is 38.5 Å². The molecule has 0 rings (SSSR count). The second-order valence-corrected chi connectivity index (χ2v) is 5.86. The Hall–Kier alpha value is -0.170. The van der Waals surface area contributed by atoms with E-state index >= 15 is 0 Å². The second kappa shape index (κ2) is 13.3. The zero-order chi connectivity index (χ0) is 14.4. The van der Waals surface area contributed by atoms with Gasteiger partial charge in [0.05, 0.1) is 6.10 Å². The lowest BCUT2D eigenvalue weighted by Crippen LogP contribution is -2.11. The summed E-state index contributed by atoms with van der Waals surface area (Å²) in [5.41, 5.74) is 4.47. The van der Waals surface area contributed by atoms with Crippen molar-refractivity contribution in [2.75, 3.05) is 5.88 Å². The topological polar surface area (TPSA) is 101 Å². The number of hydrogen-bond donors (Lipinski definition) is 3. The summed E-state index contributed by atoms with van der Waals surface area (Å²) in [7, 11) is -3.88. The van der Waals surface area contributed by atoms with E-state index in [1.807, 2.05) is 6.92 Å². The summed E-state index contributed by atoms with van der Waals surface area (Å²) >= 11 is 0. The largest absolute Gasteiger partial charge is 0.393 e. The Kier molecular flexibility index (Phi) is 14.9. The van der Waals surface area contributed by atoms with Gasteiger partial charge in [-0.15, -0.1) is 0 Å². The van der Waals surface area contributed by atoms with Gasteiger partial charge in [0.25, 0.3) is 10.1 Å². The average Bonchev–Trinajstić information content (AvgIpc) is 2.33. The highest BCUT2D eigenvalue weighted by atomic mass is 32.2. The maximum Gasteiger partial charge on any atom is 0.277 e. The molecule has 0 spiro atoms. The first kappa shape index (κ1) is 20.2. The monoisotopic (exact) mass is 283 g/mol. The molecule has 0 amide bonds. The van der Waals surface area contributed by atoms with Gasteiger partial charge in [-0.25, -0.2) is 0 Å². The Bertz CT molecular complexity index is 255. The summed E-state index contributed by atoms with van der Waals surface area (Å²) < 4.78 is 26.5. The van der Waals surface area contributed by atoms with E-state index in [2.05, 4.69) is 12.7 Å². The van der Waals surface area contributed by atoms with Gasteiger partial charge in [-0.2, -0.15) is 8.42 Å². The van der Waals surface area contributed by atoms with E-state index in [9.17, 15) is 13.5 Å². The minimum atomic E-state index is -3.88. The van der Waals surface area contributed by atoms with Crippen molar-refractivity contribution >= 4 is 10.1 Å². The fourth-order valence-electron chi connectivity index (χ4n) is 1.36. The number of nitrogens with two attached hydrogens (primary N) is 1. The lowest BCUT2D eigenvalue weighted by molar-refractivity contribution is 0.156. The van der Waals surface area contributed by atoms with Crippen molar-refractivity contribution in [2.24, 2.45) is 5.73 Å². The maximum atomic E-state index is 9.43. The Labute approximate surface area is 112 Å². The zero-order valence-corrected chi connectivity index (χ0v) is 12.5. The SMILES string of the molecule is CCCCCCCCC(O)CC.NCS(=O)(=O)O. The van der Waals surface area contributed by atoms with Gasteiger partial charge in [0, 0.05) is 0 Å². The van der Waals surface area contributed by atoms with Gasteiger partial charge in [0.2, 0.25) is 0 Å². The van der Waals surface area contributed by atoms with Crippen LogP contribution in [0.15, 0.2) is 0 Å². The molecule has 0 radical (unpaired) electrons. The number of aliphatic hydroxyl groups is 1. The highest BCUT2D eigenvalue weighted by Crippen LogP contribution is 2.09. The molecular weight excluding hydrogens is 254 g/mol. The fourth-order valence-corrected chi connectivity index (χ4v) is 1.36. The van der Waals surface area contributed by atoms with Crippen LogP contribution >= 0.6 is 0 Å². The fraction of sp³-hybridized carbons (Fsp3) is 1.00. The van der Waals surface area contributed by atoms with Gasteiger partial charge in [-0.05, 0) is 12.8 Å². The Morgan fingerprint density at radius 3 is 1.89 bits per heavy atom. The number of hydrogen-bond acceptors (Lipinski definition) is 4. The smallest absolute Gasteiger partial charge is 0.277 e. The highest BCUT2D eigenvalue weighted by Gasteiger charge is 1.98. The third-order valence-electron chi connectivity index (χ3n) is 2.57. The predicted molar refractivity (Wildman–Crippen MR) is 74.9 cm³/mol. The Morgan fingerprint density at radius 2 is 1.50 bits per heavy atom. The predicted octanol–water partition coefficient (Wildman–Crippen LogP) is 2.30. The van der Waals surface area contributed by atoms with Crippen molar-refractivity contribution in [1.29, 1.82) is 0 Å². The third-order valence-corrected chi connectivity index (χ3v) is 2.99. The second-order valence-electron chi connectivity index (χ2n) is 4.37. The van der Waals surface area contributed by atoms with Crippen molar-refractivity contribution in [3.05, 3.63) is 0 Å². The highest BCUT2D eigenvalue weighted by molar-refractivity contribution is 7.85. The molecule has 0 aliphatic carbocycles. The Morgan fingerprint density at radius 1 is 1.06 bits per heavy atom. The van der Waals surface area contributed by atoms with E-state index in [-0.39, 0.29) is 6.10 Å². The van der Waals surface area contributed by atoms with Crippen LogP contribution in [0.5, 0.6) is 0 Å². The lowest BCUT2D eigenvalue weighted by atomic mass is 10.1. The summed E-state index contributed by atoms with van der Waals surface area (Å²) in [6.45, 7) is 4.28. The van der Waals surface area contributed by atoms with Crippen molar-refractivity contribution in [2.45, 2.75) is 71.3 Å². The standard InChI is InChI=1S/C11H24O.CH5NO3S/c1-3-5-6-7-8-9-10-11(12)4-2;2-1-6(3,4)5/h11-12H,3-10H2,1-2H3;1-2H2,(H,3,4,5). The minimum Gasteiger partial charge on any atom is -0.393 e. The number of unbranched alkanes of at least 4 members (excludes halogenated alkanes) is 5. The van der Waals surface area contributed by atoms with Gasteiger partial charge in [-0.3, -0.25) is 4.55 Å². The molecule has 18 heavy (non-hydrogen) atoms. The lowest BCUT2D eigenvalue weighted by Gasteiger charge is -2.06. The van der Waals surface area contributed by atoms with Gasteiger partial charge in [0.15, 0.2) is 0 Å². The normalized spacial score (nSPS) is 12.7. The molecule has 0 bridgehead atoms. The zero-order valence-electron chi connectivity index (χ0n) is 11.6. The number of aliphatic hydroxyl groups excluding tert-OH is 1. The maximum absolute atomic E-state index is 9.43.